The fourth-order valence-electron chi connectivity index (χ4n) is 5.96. The predicted molar refractivity (Wildman–Crippen MR) is 219 cm³/mol. The third kappa shape index (κ3) is 10.7. The van der Waals surface area contributed by atoms with Gasteiger partial charge in [-0.3, -0.25) is 0 Å². The molecule has 294 valence electrons. The van der Waals surface area contributed by atoms with Crippen LogP contribution in [0.4, 0.5) is 0 Å². The predicted octanol–water partition coefficient (Wildman–Crippen LogP) is 1.47. The van der Waals surface area contributed by atoms with Crippen molar-refractivity contribution in [2.45, 2.75) is 125 Å². The maximum atomic E-state index is 10.5. The lowest BCUT2D eigenvalue weighted by molar-refractivity contribution is -0.152. The first kappa shape index (κ1) is 45.6. The molecular formula is C30H48O12S9. The van der Waals surface area contributed by atoms with E-state index in [0.717, 1.165) is 33.4 Å². The zero-order valence-electron chi connectivity index (χ0n) is 27.9. The van der Waals surface area contributed by atoms with Crippen molar-refractivity contribution >= 4 is 103 Å². The molecule has 9 N–H and O–H groups in total. The molecular weight excluding hydrogens is 841 g/mol. The number of aliphatic hydroxyl groups is 9. The zero-order valence-corrected chi connectivity index (χ0v) is 35.5. The maximum Gasteiger partial charge on any atom is 0.127 e. The van der Waals surface area contributed by atoms with E-state index in [2.05, 4.69) is 58.7 Å². The Morgan fingerprint density at radius 3 is 0.902 bits per heavy atom. The lowest BCUT2D eigenvalue weighted by Gasteiger charge is -2.40. The van der Waals surface area contributed by atoms with Gasteiger partial charge in [0.25, 0.3) is 0 Å². The molecule has 1 aromatic rings. The molecule has 0 spiro atoms. The molecule has 12 nitrogen and oxygen atoms in total. The molecule has 1 aromatic carbocycles. The Bertz CT molecular complexity index is 1100. The molecule has 3 fully saturated rings. The lowest BCUT2D eigenvalue weighted by Crippen LogP contribution is -2.55. The van der Waals surface area contributed by atoms with E-state index in [0.29, 0.717) is 17.3 Å². The molecule has 51 heavy (non-hydrogen) atoms. The average Bonchev–Trinajstić information content (AvgIpc) is 3.12. The van der Waals surface area contributed by atoms with E-state index in [1.54, 1.807) is 0 Å². The van der Waals surface area contributed by atoms with Gasteiger partial charge in [-0.25, -0.2) is 0 Å². The Labute approximate surface area is 338 Å². The standard InChI is InChI=1S/C30H48O12S9/c1-10-13(7-46-49-28-25(43)22(37)19(34)16(4-31)40-28)11(2)15(9-48-51-30-27(45)24(39)21(36)18(6-33)42-30)12(3)14(10)8-47-50-29-26(44)23(38)20(35)17(5-32)41-29/h16-39,43-45H,4-9H2,1-3H3/t16-,17-,18-,19+,20+,21+,22+,23+,24+,25-,26-,27-,28+,29+,30+/m1/s1. The van der Waals surface area contributed by atoms with Crippen LogP contribution in [0.15, 0.2) is 0 Å². The minimum absolute atomic E-state index is 0.436. The summed E-state index contributed by atoms with van der Waals surface area (Å²) in [6.07, 6.45) is -9.96. The largest absolute Gasteiger partial charge is 0.394 e. The summed E-state index contributed by atoms with van der Waals surface area (Å²) >= 11 is 13.4. The summed E-state index contributed by atoms with van der Waals surface area (Å²) < 4.78 is 17.6. The second-order valence-corrected chi connectivity index (χ2v) is 21.7. The van der Waals surface area contributed by atoms with Crippen molar-refractivity contribution in [2.24, 2.45) is 0 Å². The van der Waals surface area contributed by atoms with Crippen molar-refractivity contribution in [1.82, 2.24) is 0 Å². The van der Waals surface area contributed by atoms with Crippen LogP contribution in [0.1, 0.15) is 33.4 Å². The van der Waals surface area contributed by atoms with Gasteiger partial charge >= 0.3 is 0 Å². The summed E-state index contributed by atoms with van der Waals surface area (Å²) in [5, 5.41) is 89.0. The summed E-state index contributed by atoms with van der Waals surface area (Å²) in [6, 6.07) is 0. The number of rotatable bonds is 15. The number of aliphatic hydroxyl groups excluding tert-OH is 9. The van der Waals surface area contributed by atoms with E-state index >= 15 is 0 Å². The summed E-state index contributed by atoms with van der Waals surface area (Å²) in [5.41, 5.74) is 4.83. The second kappa shape index (κ2) is 21.1. The van der Waals surface area contributed by atoms with Crippen LogP contribution in [0.5, 0.6) is 0 Å². The van der Waals surface area contributed by atoms with Crippen molar-refractivity contribution in [3.8, 4) is 0 Å². The second-order valence-electron chi connectivity index (χ2n) is 12.5. The molecule has 0 unspecified atom stereocenters. The number of benzene rings is 1. The fourth-order valence-corrected chi connectivity index (χ4v) is 16.0. The summed E-state index contributed by atoms with van der Waals surface area (Å²) in [7, 11) is 8.68. The van der Waals surface area contributed by atoms with Crippen LogP contribution in [-0.4, -0.2) is 153 Å². The van der Waals surface area contributed by atoms with Crippen LogP contribution in [0.3, 0.4) is 0 Å². The number of hydrogen-bond acceptors (Lipinski definition) is 21. The maximum absolute atomic E-state index is 10.5. The van der Waals surface area contributed by atoms with Gasteiger partial charge in [-0.15, -0.1) is 0 Å². The zero-order chi connectivity index (χ0) is 37.7. The van der Waals surface area contributed by atoms with Crippen molar-refractivity contribution < 1.29 is 60.2 Å². The van der Waals surface area contributed by atoms with Crippen LogP contribution < -0.4 is 0 Å². The molecule has 3 aliphatic rings. The molecule has 0 radical (unpaired) electrons. The normalized spacial score (nSPS) is 39.0. The molecule has 0 amide bonds. The van der Waals surface area contributed by atoms with Crippen molar-refractivity contribution in [3.63, 3.8) is 0 Å². The highest BCUT2D eigenvalue weighted by Gasteiger charge is 2.45. The van der Waals surface area contributed by atoms with E-state index in [4.69, 9.17) is 14.2 Å². The van der Waals surface area contributed by atoms with Crippen molar-refractivity contribution in [2.75, 3.05) is 19.8 Å². The molecule has 3 aliphatic heterocycles. The van der Waals surface area contributed by atoms with Crippen LogP contribution in [0, 0.1) is 20.8 Å². The summed E-state index contributed by atoms with van der Waals surface area (Å²) in [6.45, 7) is 4.89. The highest BCUT2D eigenvalue weighted by Crippen LogP contribution is 2.46. The minimum atomic E-state index is -1.24. The van der Waals surface area contributed by atoms with Gasteiger partial charge < -0.3 is 60.2 Å². The van der Waals surface area contributed by atoms with E-state index < -0.39 is 107 Å². The third-order valence-corrected chi connectivity index (χ3v) is 19.1. The topological polar surface area (TPSA) is 210 Å². The van der Waals surface area contributed by atoms with E-state index in [1.165, 1.54) is 64.8 Å². The molecule has 0 aromatic heterocycles. The summed E-state index contributed by atoms with van der Waals surface area (Å²) in [4.78, 5) is 0. The van der Waals surface area contributed by atoms with Gasteiger partial charge in [0.15, 0.2) is 0 Å². The van der Waals surface area contributed by atoms with Gasteiger partial charge in [-0.05, 0) is 54.2 Å². The first-order valence-electron chi connectivity index (χ1n) is 16.0. The van der Waals surface area contributed by atoms with Crippen LogP contribution in [0.25, 0.3) is 0 Å². The van der Waals surface area contributed by atoms with Crippen LogP contribution >= 0.6 is 103 Å². The smallest absolute Gasteiger partial charge is 0.127 e. The highest BCUT2D eigenvalue weighted by molar-refractivity contribution is 8.77. The van der Waals surface area contributed by atoms with Crippen molar-refractivity contribution in [3.05, 3.63) is 33.4 Å². The van der Waals surface area contributed by atoms with Crippen LogP contribution in [0.2, 0.25) is 0 Å². The van der Waals surface area contributed by atoms with Gasteiger partial charge in [0, 0.05) is 17.3 Å². The molecule has 0 saturated carbocycles. The monoisotopic (exact) mass is 888 g/mol. The van der Waals surface area contributed by atoms with Crippen LogP contribution in [-0.2, 0) is 31.5 Å². The molecule has 21 heteroatoms. The van der Waals surface area contributed by atoms with Gasteiger partial charge in [-0.2, -0.15) is 37.9 Å². The first-order chi connectivity index (χ1) is 24.2. The van der Waals surface area contributed by atoms with E-state index in [9.17, 15) is 46.0 Å². The fraction of sp³-hybridized carbons (Fsp3) is 0.800. The van der Waals surface area contributed by atoms with Gasteiger partial charge in [0.05, 0.1) is 53.9 Å². The SMILES string of the molecule is Cc1c(CSS[C@@H]2O[C@H](CO)[C@H](O)[C@H](O)[C@H]2S)c(C)c(CSS[C@@H]2O[C@H](CO)[C@H](O)[C@H](O)[C@H]2S)c(C)c1CSS[C@@H]1O[C@H](CO)[C@H](O)[C@H](O)[C@H]1S. The van der Waals surface area contributed by atoms with Gasteiger partial charge in [-0.1, -0.05) is 64.8 Å². The Morgan fingerprint density at radius 1 is 0.451 bits per heavy atom. The van der Waals surface area contributed by atoms with Crippen molar-refractivity contribution in [1.29, 1.82) is 0 Å². The quantitative estimate of drug-likeness (QED) is 0.0889. The number of thiol groups is 3. The molecule has 3 heterocycles. The molecule has 0 bridgehead atoms. The molecule has 3 saturated heterocycles. The average molecular weight is 889 g/mol. The molecule has 0 aliphatic carbocycles. The Hall–Kier alpha value is 1.89. The van der Waals surface area contributed by atoms with E-state index in [-0.39, 0.29) is 0 Å². The van der Waals surface area contributed by atoms with E-state index in [1.807, 2.05) is 0 Å². The number of hydrogen-bond donors (Lipinski definition) is 12. The first-order valence-corrected chi connectivity index (χ1v) is 24.7. The lowest BCUT2D eigenvalue weighted by atomic mass is 9.90. The Morgan fingerprint density at radius 2 is 0.686 bits per heavy atom. The highest BCUT2D eigenvalue weighted by atomic mass is 33.1. The number of ether oxygens (including phenoxy) is 3. The molecule has 15 atom stereocenters. The Balaban J connectivity index is 1.52. The summed E-state index contributed by atoms with van der Waals surface area (Å²) in [5.74, 6) is 1.71. The minimum Gasteiger partial charge on any atom is -0.394 e. The van der Waals surface area contributed by atoms with Gasteiger partial charge in [0.1, 0.15) is 52.9 Å². The molecule has 4 rings (SSSR count). The Kier molecular flexibility index (Phi) is 18.8. The van der Waals surface area contributed by atoms with Gasteiger partial charge in [0.2, 0.25) is 0 Å². The third-order valence-electron chi connectivity index (χ3n) is 9.36.